The van der Waals surface area contributed by atoms with Crippen molar-refractivity contribution in [3.63, 3.8) is 0 Å². The summed E-state index contributed by atoms with van der Waals surface area (Å²) >= 11 is 0. The van der Waals surface area contributed by atoms with E-state index < -0.39 is 10.0 Å². The highest BCUT2D eigenvalue weighted by Gasteiger charge is 2.23. The zero-order valence-electron chi connectivity index (χ0n) is 17.1. The molecule has 158 valence electrons. The van der Waals surface area contributed by atoms with Crippen molar-refractivity contribution >= 4 is 32.9 Å². The van der Waals surface area contributed by atoms with Crippen molar-refractivity contribution in [1.29, 1.82) is 0 Å². The van der Waals surface area contributed by atoms with Gasteiger partial charge in [-0.2, -0.15) is 0 Å². The molecule has 1 aliphatic rings. The number of benzene rings is 2. The first-order valence-electron chi connectivity index (χ1n) is 9.88. The van der Waals surface area contributed by atoms with E-state index in [9.17, 15) is 13.2 Å². The molecule has 0 spiro atoms. The Morgan fingerprint density at radius 1 is 1.00 bits per heavy atom. The first-order chi connectivity index (χ1) is 14.4. The molecule has 3 aromatic rings. The maximum Gasteiger partial charge on any atom is 0.253 e. The number of carbonyl (C=O) groups is 1. The summed E-state index contributed by atoms with van der Waals surface area (Å²) in [5, 5.41) is 0. The topological polar surface area (TPSA) is 89.6 Å². The van der Waals surface area contributed by atoms with Crippen LogP contribution in [-0.4, -0.2) is 73.8 Å². The fraction of sp³-hybridized carbons (Fsp3) is 0.333. The number of imidazole rings is 1. The number of para-hydroxylation sites is 2. The van der Waals surface area contributed by atoms with Gasteiger partial charge in [0.25, 0.3) is 5.91 Å². The average molecular weight is 428 g/mol. The number of anilines is 1. The molecule has 9 heteroatoms. The Morgan fingerprint density at radius 2 is 1.73 bits per heavy atom. The number of H-pyrrole nitrogens is 1. The number of hydrogen-bond acceptors (Lipinski definition) is 5. The lowest BCUT2D eigenvalue weighted by molar-refractivity contribution is 0.0767. The fourth-order valence-electron chi connectivity index (χ4n) is 3.58. The largest absolute Gasteiger partial charge is 0.341 e. The quantitative estimate of drug-likeness (QED) is 0.689. The van der Waals surface area contributed by atoms with E-state index in [4.69, 9.17) is 0 Å². The molecule has 1 fully saturated rings. The highest BCUT2D eigenvalue weighted by Crippen LogP contribution is 2.20. The Kier molecular flexibility index (Phi) is 5.48. The number of fused-ring (bicyclic) bond motifs is 1. The molecule has 4 rings (SSSR count). The van der Waals surface area contributed by atoms with Crippen LogP contribution in [0.25, 0.3) is 11.0 Å². The molecule has 0 saturated carbocycles. The highest BCUT2D eigenvalue weighted by atomic mass is 32.2. The lowest BCUT2D eigenvalue weighted by atomic mass is 10.2. The number of hydrogen-bond donors (Lipinski definition) is 1. The van der Waals surface area contributed by atoms with Gasteiger partial charge in [0.2, 0.25) is 16.0 Å². The Bertz CT molecular complexity index is 1120. The van der Waals surface area contributed by atoms with Crippen molar-refractivity contribution in [2.24, 2.45) is 0 Å². The van der Waals surface area contributed by atoms with Crippen molar-refractivity contribution in [3.8, 4) is 0 Å². The van der Waals surface area contributed by atoms with Gasteiger partial charge in [-0.1, -0.05) is 12.1 Å². The number of amides is 1. The minimum absolute atomic E-state index is 0.0877. The van der Waals surface area contributed by atoms with Gasteiger partial charge in [-0.25, -0.2) is 17.7 Å². The summed E-state index contributed by atoms with van der Waals surface area (Å²) in [5.74, 6) is 0.735. The van der Waals surface area contributed by atoms with E-state index in [-0.39, 0.29) is 10.8 Å². The third-order valence-electron chi connectivity index (χ3n) is 5.34. The zero-order valence-corrected chi connectivity index (χ0v) is 17.9. The molecule has 1 aromatic heterocycles. The van der Waals surface area contributed by atoms with E-state index in [1.54, 1.807) is 12.1 Å². The second-order valence-electron chi connectivity index (χ2n) is 7.52. The van der Waals surface area contributed by atoms with Gasteiger partial charge >= 0.3 is 0 Å². The smallest absolute Gasteiger partial charge is 0.253 e. The predicted octanol–water partition coefficient (Wildman–Crippen LogP) is 2.17. The molecular formula is C21H25N5O3S. The molecule has 2 heterocycles. The number of aromatic nitrogens is 2. The maximum atomic E-state index is 13.0. The molecule has 0 bridgehead atoms. The molecular weight excluding hydrogens is 402 g/mol. The summed E-state index contributed by atoms with van der Waals surface area (Å²) in [6.07, 6.45) is 0.829. The van der Waals surface area contributed by atoms with Crippen molar-refractivity contribution in [3.05, 3.63) is 54.1 Å². The predicted molar refractivity (Wildman–Crippen MR) is 116 cm³/mol. The average Bonchev–Trinajstić information content (AvgIpc) is 3.02. The van der Waals surface area contributed by atoms with Gasteiger partial charge in [0.05, 0.1) is 15.9 Å². The Morgan fingerprint density at radius 3 is 2.43 bits per heavy atom. The van der Waals surface area contributed by atoms with Crippen LogP contribution in [0.5, 0.6) is 0 Å². The van der Waals surface area contributed by atoms with Crippen molar-refractivity contribution in [2.75, 3.05) is 45.2 Å². The van der Waals surface area contributed by atoms with E-state index >= 15 is 0 Å². The fourth-order valence-corrected chi connectivity index (χ4v) is 4.49. The number of sulfonamides is 1. The summed E-state index contributed by atoms with van der Waals surface area (Å²) < 4.78 is 25.6. The SMILES string of the molecule is CN(C)S(=O)(=O)c1ccc(C(=O)N2CCCN(c3nc4ccccc4[nH]3)CC2)cc1. The Labute approximate surface area is 176 Å². The van der Waals surface area contributed by atoms with Crippen molar-refractivity contribution in [2.45, 2.75) is 11.3 Å². The van der Waals surface area contributed by atoms with Crippen LogP contribution in [0.3, 0.4) is 0 Å². The third-order valence-corrected chi connectivity index (χ3v) is 7.17. The summed E-state index contributed by atoms with van der Waals surface area (Å²) in [4.78, 5) is 25.1. The van der Waals surface area contributed by atoms with Gasteiger partial charge in [-0.3, -0.25) is 4.79 Å². The van der Waals surface area contributed by atoms with Crippen LogP contribution < -0.4 is 4.90 Å². The van der Waals surface area contributed by atoms with Crippen LogP contribution in [0.2, 0.25) is 0 Å². The van der Waals surface area contributed by atoms with E-state index in [0.29, 0.717) is 25.2 Å². The second kappa shape index (κ2) is 8.08. The highest BCUT2D eigenvalue weighted by molar-refractivity contribution is 7.89. The van der Waals surface area contributed by atoms with Crippen LogP contribution >= 0.6 is 0 Å². The first-order valence-corrected chi connectivity index (χ1v) is 11.3. The van der Waals surface area contributed by atoms with Crippen LogP contribution in [0.4, 0.5) is 5.95 Å². The molecule has 30 heavy (non-hydrogen) atoms. The van der Waals surface area contributed by atoms with E-state index in [1.165, 1.54) is 26.2 Å². The minimum atomic E-state index is -3.51. The van der Waals surface area contributed by atoms with E-state index in [0.717, 1.165) is 34.3 Å². The van der Waals surface area contributed by atoms with Crippen molar-refractivity contribution < 1.29 is 13.2 Å². The first kappa shape index (κ1) is 20.4. The minimum Gasteiger partial charge on any atom is -0.341 e. The van der Waals surface area contributed by atoms with E-state index in [1.807, 2.05) is 29.2 Å². The Balaban J connectivity index is 1.45. The summed E-state index contributed by atoms with van der Waals surface area (Å²) in [5.41, 5.74) is 2.42. The molecule has 0 radical (unpaired) electrons. The molecule has 0 aliphatic carbocycles. The van der Waals surface area contributed by atoms with Gasteiger partial charge in [0.1, 0.15) is 0 Å². The lowest BCUT2D eigenvalue weighted by Crippen LogP contribution is -2.35. The van der Waals surface area contributed by atoms with Gasteiger partial charge in [-0.15, -0.1) is 0 Å². The molecule has 1 aliphatic heterocycles. The number of nitrogens with zero attached hydrogens (tertiary/aromatic N) is 4. The molecule has 1 saturated heterocycles. The molecule has 0 unspecified atom stereocenters. The molecule has 0 atom stereocenters. The number of nitrogens with one attached hydrogen (secondary N) is 1. The van der Waals surface area contributed by atoms with Gasteiger partial charge in [0.15, 0.2) is 0 Å². The van der Waals surface area contributed by atoms with Gasteiger partial charge in [0, 0.05) is 45.8 Å². The normalized spacial score (nSPS) is 15.6. The van der Waals surface area contributed by atoms with Crippen LogP contribution in [0.1, 0.15) is 16.8 Å². The lowest BCUT2D eigenvalue weighted by Gasteiger charge is -2.22. The molecule has 8 nitrogen and oxygen atoms in total. The van der Waals surface area contributed by atoms with Gasteiger partial charge in [-0.05, 0) is 42.8 Å². The third kappa shape index (κ3) is 3.90. The van der Waals surface area contributed by atoms with Crippen LogP contribution in [0, 0.1) is 0 Å². The van der Waals surface area contributed by atoms with Crippen LogP contribution in [-0.2, 0) is 10.0 Å². The molecule has 1 N–H and O–H groups in total. The maximum absolute atomic E-state index is 13.0. The summed E-state index contributed by atoms with van der Waals surface area (Å²) in [7, 11) is -0.537. The standard InChI is InChI=1S/C21H25N5O3S/c1-24(2)30(28,29)17-10-8-16(9-11-17)20(27)25-12-5-13-26(15-14-25)21-22-18-6-3-4-7-19(18)23-21/h3-4,6-11H,5,12-15H2,1-2H3,(H,22,23). The monoisotopic (exact) mass is 427 g/mol. The zero-order chi connectivity index (χ0) is 21.3. The van der Waals surface area contributed by atoms with Gasteiger partial charge < -0.3 is 14.8 Å². The second-order valence-corrected chi connectivity index (χ2v) is 9.67. The summed E-state index contributed by atoms with van der Waals surface area (Å²) in [6.45, 7) is 2.71. The number of aromatic amines is 1. The van der Waals surface area contributed by atoms with Crippen molar-refractivity contribution in [1.82, 2.24) is 19.2 Å². The molecule has 1 amide bonds. The Hall–Kier alpha value is -2.91. The molecule has 2 aromatic carbocycles. The number of carbonyl (C=O) groups excluding carboxylic acids is 1. The van der Waals surface area contributed by atoms with E-state index in [2.05, 4.69) is 14.9 Å². The number of rotatable bonds is 4. The summed E-state index contributed by atoms with van der Waals surface area (Å²) in [6, 6.07) is 14.1. The van der Waals surface area contributed by atoms with Crippen LogP contribution in [0.15, 0.2) is 53.4 Å².